The van der Waals surface area contributed by atoms with Gasteiger partial charge in [0.25, 0.3) is 5.91 Å². The van der Waals surface area contributed by atoms with Gasteiger partial charge in [0.15, 0.2) is 6.61 Å². The van der Waals surface area contributed by atoms with E-state index in [0.717, 1.165) is 17.9 Å². The zero-order valence-electron chi connectivity index (χ0n) is 11.4. The Morgan fingerprint density at radius 2 is 2.30 bits per heavy atom. The molecule has 1 aliphatic rings. The monoisotopic (exact) mass is 310 g/mol. The molecule has 1 aromatic carbocycles. The Morgan fingerprint density at radius 3 is 2.95 bits per heavy atom. The summed E-state index contributed by atoms with van der Waals surface area (Å²) in [6.45, 7) is 0.0112. The Labute approximate surface area is 128 Å². The average Bonchev–Trinajstić information content (AvgIpc) is 2.98. The van der Waals surface area contributed by atoms with Crippen LogP contribution in [0.4, 0.5) is 0 Å². The van der Waals surface area contributed by atoms with E-state index in [4.69, 9.17) is 22.7 Å². The number of benzene rings is 1. The summed E-state index contributed by atoms with van der Waals surface area (Å²) in [6.07, 6.45) is 1.05. The largest absolute Gasteiger partial charge is 0.483 e. The number of para-hydroxylation sites is 1. The van der Waals surface area contributed by atoms with E-state index in [1.165, 1.54) is 0 Å². The van der Waals surface area contributed by atoms with E-state index in [-0.39, 0.29) is 17.5 Å². The fraction of sp³-hybridized carbons (Fsp3) is 0.429. The molecule has 1 heterocycles. The van der Waals surface area contributed by atoms with Crippen LogP contribution in [-0.4, -0.2) is 47.0 Å². The summed E-state index contributed by atoms with van der Waals surface area (Å²) in [5.74, 6) is 2.66. The summed E-state index contributed by atoms with van der Waals surface area (Å²) in [5, 5.41) is 0. The first-order valence-electron chi connectivity index (χ1n) is 6.44. The van der Waals surface area contributed by atoms with E-state index in [1.54, 1.807) is 17.0 Å². The molecule has 0 aliphatic carbocycles. The number of carbonyl (C=O) groups excluding carboxylic acids is 1. The zero-order chi connectivity index (χ0) is 14.5. The summed E-state index contributed by atoms with van der Waals surface area (Å²) in [4.78, 5) is 14.2. The molecule has 1 saturated heterocycles. The lowest BCUT2D eigenvalue weighted by molar-refractivity contribution is -0.133. The van der Waals surface area contributed by atoms with Crippen LogP contribution in [0.15, 0.2) is 24.3 Å². The highest BCUT2D eigenvalue weighted by Crippen LogP contribution is 2.22. The van der Waals surface area contributed by atoms with Gasteiger partial charge in [0.1, 0.15) is 10.7 Å². The molecule has 1 fully saturated rings. The van der Waals surface area contributed by atoms with Crippen molar-refractivity contribution < 1.29 is 9.53 Å². The van der Waals surface area contributed by atoms with Crippen LogP contribution in [0.5, 0.6) is 5.75 Å². The van der Waals surface area contributed by atoms with E-state index >= 15 is 0 Å². The van der Waals surface area contributed by atoms with Crippen LogP contribution in [0.2, 0.25) is 0 Å². The van der Waals surface area contributed by atoms with Crippen molar-refractivity contribution in [3.8, 4) is 5.75 Å². The number of nitrogens with zero attached hydrogens (tertiary/aromatic N) is 1. The van der Waals surface area contributed by atoms with Crippen LogP contribution in [0, 0.1) is 0 Å². The standard InChI is InChI=1S/C14H18N2O2S2/c1-16(10-6-7-20-9-10)13(17)8-18-12-5-3-2-4-11(12)14(15)19/h2-5,10H,6-9H2,1H3,(H2,15,19). The summed E-state index contributed by atoms with van der Waals surface area (Å²) in [6, 6.07) is 7.55. The van der Waals surface area contributed by atoms with Gasteiger partial charge in [-0.25, -0.2) is 0 Å². The van der Waals surface area contributed by atoms with Crippen molar-refractivity contribution in [2.45, 2.75) is 12.5 Å². The van der Waals surface area contributed by atoms with E-state index in [9.17, 15) is 4.79 Å². The minimum atomic E-state index is -0.0183. The predicted octanol–water partition coefficient (Wildman–Crippen LogP) is 1.66. The van der Waals surface area contributed by atoms with Gasteiger partial charge < -0.3 is 15.4 Å². The molecule has 0 bridgehead atoms. The summed E-state index contributed by atoms with van der Waals surface area (Å²) >= 11 is 6.85. The molecular weight excluding hydrogens is 292 g/mol. The number of nitrogens with two attached hydrogens (primary N) is 1. The third-order valence-electron chi connectivity index (χ3n) is 3.35. The molecule has 1 amide bonds. The lowest BCUT2D eigenvalue weighted by atomic mass is 10.2. The lowest BCUT2D eigenvalue weighted by Crippen LogP contribution is -2.39. The molecule has 20 heavy (non-hydrogen) atoms. The molecule has 1 aliphatic heterocycles. The third-order valence-corrected chi connectivity index (χ3v) is 4.72. The molecule has 2 N–H and O–H groups in total. The minimum absolute atomic E-state index is 0.0112. The molecule has 6 heteroatoms. The zero-order valence-corrected chi connectivity index (χ0v) is 13.0. The Balaban J connectivity index is 1.94. The van der Waals surface area contributed by atoms with Crippen LogP contribution < -0.4 is 10.5 Å². The van der Waals surface area contributed by atoms with Crippen molar-refractivity contribution >= 4 is 34.9 Å². The molecule has 4 nitrogen and oxygen atoms in total. The predicted molar refractivity (Wildman–Crippen MR) is 86.3 cm³/mol. The van der Waals surface area contributed by atoms with Crippen LogP contribution in [0.3, 0.4) is 0 Å². The number of thioether (sulfide) groups is 1. The Hall–Kier alpha value is -1.27. The SMILES string of the molecule is CN(C(=O)COc1ccccc1C(N)=S)C1CCSC1. The second kappa shape index (κ2) is 6.95. The van der Waals surface area contributed by atoms with Crippen LogP contribution in [0.1, 0.15) is 12.0 Å². The summed E-state index contributed by atoms with van der Waals surface area (Å²) < 4.78 is 5.58. The minimum Gasteiger partial charge on any atom is -0.483 e. The normalized spacial score (nSPS) is 17.8. The topological polar surface area (TPSA) is 55.6 Å². The van der Waals surface area contributed by atoms with Crippen molar-refractivity contribution in [1.29, 1.82) is 0 Å². The molecule has 1 unspecified atom stereocenters. The van der Waals surface area contributed by atoms with Gasteiger partial charge in [-0.3, -0.25) is 4.79 Å². The fourth-order valence-electron chi connectivity index (χ4n) is 2.07. The average molecular weight is 310 g/mol. The van der Waals surface area contributed by atoms with Crippen LogP contribution in [0.25, 0.3) is 0 Å². The highest BCUT2D eigenvalue weighted by atomic mass is 32.2. The molecule has 1 aromatic rings. The second-order valence-corrected chi connectivity index (χ2v) is 6.26. The first kappa shape index (κ1) is 15.1. The van der Waals surface area contributed by atoms with E-state index in [1.807, 2.05) is 30.9 Å². The van der Waals surface area contributed by atoms with Crippen molar-refractivity contribution in [2.75, 3.05) is 25.2 Å². The van der Waals surface area contributed by atoms with Gasteiger partial charge >= 0.3 is 0 Å². The number of amides is 1. The fourth-order valence-corrected chi connectivity index (χ4v) is 3.50. The highest BCUT2D eigenvalue weighted by molar-refractivity contribution is 7.99. The van der Waals surface area contributed by atoms with E-state index in [0.29, 0.717) is 17.4 Å². The molecule has 2 rings (SSSR count). The smallest absolute Gasteiger partial charge is 0.260 e. The summed E-state index contributed by atoms with van der Waals surface area (Å²) in [7, 11) is 1.84. The first-order valence-corrected chi connectivity index (χ1v) is 8.01. The maximum atomic E-state index is 12.1. The number of likely N-dealkylation sites (N-methyl/N-ethyl adjacent to an activating group) is 1. The van der Waals surface area contributed by atoms with Gasteiger partial charge in [0.05, 0.1) is 5.56 Å². The van der Waals surface area contributed by atoms with Crippen LogP contribution >= 0.6 is 24.0 Å². The molecule has 0 spiro atoms. The van der Waals surface area contributed by atoms with Crippen LogP contribution in [-0.2, 0) is 4.79 Å². The van der Waals surface area contributed by atoms with Gasteiger partial charge in [-0.05, 0) is 24.3 Å². The first-order chi connectivity index (χ1) is 9.59. The van der Waals surface area contributed by atoms with Gasteiger partial charge in [-0.15, -0.1) is 0 Å². The van der Waals surface area contributed by atoms with E-state index in [2.05, 4.69) is 0 Å². The quantitative estimate of drug-likeness (QED) is 0.838. The molecule has 1 atom stereocenters. The van der Waals surface area contributed by atoms with Crippen molar-refractivity contribution in [2.24, 2.45) is 5.73 Å². The maximum absolute atomic E-state index is 12.1. The number of hydrogen-bond donors (Lipinski definition) is 1. The van der Waals surface area contributed by atoms with Crippen molar-refractivity contribution in [3.05, 3.63) is 29.8 Å². The van der Waals surface area contributed by atoms with Gasteiger partial charge in [-0.1, -0.05) is 24.4 Å². The molecule has 108 valence electrons. The number of rotatable bonds is 5. The highest BCUT2D eigenvalue weighted by Gasteiger charge is 2.24. The van der Waals surface area contributed by atoms with Gasteiger partial charge in [-0.2, -0.15) is 11.8 Å². The maximum Gasteiger partial charge on any atom is 0.260 e. The number of thiocarbonyl (C=S) groups is 1. The molecule has 0 radical (unpaired) electrons. The van der Waals surface area contributed by atoms with Crippen molar-refractivity contribution in [3.63, 3.8) is 0 Å². The molecule has 0 aromatic heterocycles. The number of ether oxygens (including phenoxy) is 1. The van der Waals surface area contributed by atoms with E-state index < -0.39 is 0 Å². The van der Waals surface area contributed by atoms with Crippen molar-refractivity contribution in [1.82, 2.24) is 4.90 Å². The molecule has 0 saturated carbocycles. The molecular formula is C14H18N2O2S2. The van der Waals surface area contributed by atoms with Gasteiger partial charge in [0.2, 0.25) is 0 Å². The third kappa shape index (κ3) is 3.64. The number of carbonyl (C=O) groups is 1. The summed E-state index contributed by atoms with van der Waals surface area (Å²) in [5.41, 5.74) is 6.30. The Bertz CT molecular complexity index is 502. The second-order valence-electron chi connectivity index (χ2n) is 4.67. The van der Waals surface area contributed by atoms with Gasteiger partial charge in [0, 0.05) is 18.8 Å². The Kier molecular flexibility index (Phi) is 5.25. The lowest BCUT2D eigenvalue weighted by Gasteiger charge is -2.24. The Morgan fingerprint density at radius 1 is 1.55 bits per heavy atom. The number of hydrogen-bond acceptors (Lipinski definition) is 4.